The lowest BCUT2D eigenvalue weighted by atomic mass is 9.91. The SMILES string of the molecule is C[C@@]1(c2cc(NC(=O)c3ncc(Cl)cc3C(F)(F)F)ccn2)C[C@@H](CF)SC(N)=N1. The Balaban J connectivity index is 1.90. The average molecular weight is 462 g/mol. The van der Waals surface area contributed by atoms with Gasteiger partial charge in [0.2, 0.25) is 0 Å². The molecule has 1 aliphatic rings. The summed E-state index contributed by atoms with van der Waals surface area (Å²) in [5, 5.41) is 1.94. The van der Waals surface area contributed by atoms with Crippen LogP contribution in [-0.2, 0) is 11.7 Å². The summed E-state index contributed by atoms with van der Waals surface area (Å²) in [5.74, 6) is -1.06. The van der Waals surface area contributed by atoms with Crippen molar-refractivity contribution in [2.24, 2.45) is 10.7 Å². The van der Waals surface area contributed by atoms with Crippen LogP contribution < -0.4 is 11.1 Å². The molecule has 0 saturated carbocycles. The summed E-state index contributed by atoms with van der Waals surface area (Å²) in [6, 6.07) is 3.51. The molecule has 3 heterocycles. The molecule has 1 amide bonds. The van der Waals surface area contributed by atoms with Gasteiger partial charge < -0.3 is 11.1 Å². The Morgan fingerprint density at radius 1 is 1.40 bits per heavy atom. The van der Waals surface area contributed by atoms with Crippen LogP contribution in [0, 0.1) is 0 Å². The van der Waals surface area contributed by atoms with Crippen LogP contribution in [0.1, 0.15) is 35.1 Å². The molecule has 2 aromatic rings. The van der Waals surface area contributed by atoms with Crippen molar-refractivity contribution in [3.63, 3.8) is 0 Å². The molecule has 0 spiro atoms. The number of amides is 1. The maximum Gasteiger partial charge on any atom is 0.418 e. The van der Waals surface area contributed by atoms with E-state index in [-0.39, 0.29) is 15.9 Å². The third-order valence-electron chi connectivity index (χ3n) is 4.39. The minimum absolute atomic E-state index is 0.180. The number of amidine groups is 1. The number of pyridine rings is 2. The van der Waals surface area contributed by atoms with Gasteiger partial charge in [0, 0.05) is 23.3 Å². The Morgan fingerprint density at radius 3 is 2.80 bits per heavy atom. The van der Waals surface area contributed by atoms with Gasteiger partial charge in [-0.15, -0.1) is 0 Å². The zero-order valence-electron chi connectivity index (χ0n) is 15.5. The Bertz CT molecular complexity index is 1000. The van der Waals surface area contributed by atoms with Gasteiger partial charge in [-0.1, -0.05) is 23.4 Å². The molecule has 0 unspecified atom stereocenters. The van der Waals surface area contributed by atoms with Crippen LogP contribution in [0.4, 0.5) is 23.2 Å². The number of thioether (sulfide) groups is 1. The number of rotatable bonds is 4. The van der Waals surface area contributed by atoms with Gasteiger partial charge in [-0.25, -0.2) is 14.4 Å². The maximum atomic E-state index is 13.2. The minimum Gasteiger partial charge on any atom is -0.379 e. The highest BCUT2D eigenvalue weighted by molar-refractivity contribution is 8.14. The molecule has 160 valence electrons. The minimum atomic E-state index is -4.81. The van der Waals surface area contributed by atoms with Crippen molar-refractivity contribution < 1.29 is 22.4 Å². The first-order valence-electron chi connectivity index (χ1n) is 8.60. The van der Waals surface area contributed by atoms with Gasteiger partial charge in [0.25, 0.3) is 5.91 Å². The molecule has 2 aromatic heterocycles. The van der Waals surface area contributed by atoms with Crippen LogP contribution in [0.5, 0.6) is 0 Å². The number of hydrogen-bond donors (Lipinski definition) is 2. The zero-order chi connectivity index (χ0) is 22.1. The number of carbonyl (C=O) groups excluding carboxylic acids is 1. The van der Waals surface area contributed by atoms with Crippen molar-refractivity contribution in [2.45, 2.75) is 30.3 Å². The van der Waals surface area contributed by atoms with E-state index < -0.39 is 40.8 Å². The second-order valence-corrected chi connectivity index (χ2v) is 8.51. The fourth-order valence-corrected chi connectivity index (χ4v) is 4.27. The van der Waals surface area contributed by atoms with Gasteiger partial charge in [0.15, 0.2) is 5.17 Å². The van der Waals surface area contributed by atoms with E-state index in [0.717, 1.165) is 18.0 Å². The first kappa shape index (κ1) is 22.3. The number of nitrogens with one attached hydrogen (secondary N) is 1. The second kappa shape index (κ2) is 8.38. The number of alkyl halides is 4. The van der Waals surface area contributed by atoms with Crippen molar-refractivity contribution in [2.75, 3.05) is 12.0 Å². The molecule has 0 radical (unpaired) electrons. The van der Waals surface area contributed by atoms with Crippen molar-refractivity contribution in [1.82, 2.24) is 9.97 Å². The number of halogens is 5. The number of carbonyl (C=O) groups is 1. The topological polar surface area (TPSA) is 93.3 Å². The van der Waals surface area contributed by atoms with Crippen molar-refractivity contribution >= 4 is 40.1 Å². The van der Waals surface area contributed by atoms with Crippen LogP contribution in [0.15, 0.2) is 35.6 Å². The number of nitrogens with two attached hydrogens (primary N) is 1. The second-order valence-electron chi connectivity index (χ2n) is 6.75. The molecule has 0 bridgehead atoms. The predicted molar refractivity (Wildman–Crippen MR) is 107 cm³/mol. The summed E-state index contributed by atoms with van der Waals surface area (Å²) in [5.41, 5.74) is 3.37. The van der Waals surface area contributed by atoms with Crippen molar-refractivity contribution in [3.05, 3.63) is 52.6 Å². The smallest absolute Gasteiger partial charge is 0.379 e. The van der Waals surface area contributed by atoms with Crippen LogP contribution in [0.3, 0.4) is 0 Å². The first-order chi connectivity index (χ1) is 14.0. The van der Waals surface area contributed by atoms with E-state index in [1.165, 1.54) is 18.3 Å². The van der Waals surface area contributed by atoms with Gasteiger partial charge in [0.1, 0.15) is 17.9 Å². The largest absolute Gasteiger partial charge is 0.418 e. The highest BCUT2D eigenvalue weighted by Crippen LogP contribution is 2.39. The average Bonchev–Trinajstić information content (AvgIpc) is 2.66. The normalized spacial score (nSPS) is 21.8. The van der Waals surface area contributed by atoms with Gasteiger partial charge in [-0.05, 0) is 31.5 Å². The van der Waals surface area contributed by atoms with E-state index in [1.54, 1.807) is 6.92 Å². The first-order valence-corrected chi connectivity index (χ1v) is 9.86. The third kappa shape index (κ3) is 4.84. The highest BCUT2D eigenvalue weighted by Gasteiger charge is 2.38. The highest BCUT2D eigenvalue weighted by atomic mass is 35.5. The lowest BCUT2D eigenvalue weighted by Gasteiger charge is -2.32. The summed E-state index contributed by atoms with van der Waals surface area (Å²) in [7, 11) is 0. The summed E-state index contributed by atoms with van der Waals surface area (Å²) in [4.78, 5) is 24.6. The Labute approximate surface area is 178 Å². The van der Waals surface area contributed by atoms with E-state index >= 15 is 0 Å². The standard InChI is InChI=1S/C18H16ClF4N5OS/c1-17(6-11(7-20)30-16(24)28-17)13-5-10(2-3-25-13)27-15(29)14-12(18(21,22)23)4-9(19)8-26-14/h2-5,8,11H,6-7H2,1H3,(H2,24,28)(H,25,27,29)/t11-,17-/m0/s1. The van der Waals surface area contributed by atoms with Crippen LogP contribution in [-0.4, -0.2) is 33.0 Å². The lowest BCUT2D eigenvalue weighted by molar-refractivity contribution is -0.138. The molecular weight excluding hydrogens is 446 g/mol. The number of hydrogen-bond acceptors (Lipinski definition) is 6. The van der Waals surface area contributed by atoms with E-state index in [1.807, 2.05) is 0 Å². The fourth-order valence-electron chi connectivity index (χ4n) is 3.05. The van der Waals surface area contributed by atoms with E-state index in [0.29, 0.717) is 18.2 Å². The number of anilines is 1. The third-order valence-corrected chi connectivity index (χ3v) is 5.55. The number of aromatic nitrogens is 2. The van der Waals surface area contributed by atoms with Crippen molar-refractivity contribution in [1.29, 1.82) is 0 Å². The molecule has 3 rings (SSSR count). The molecule has 12 heteroatoms. The van der Waals surface area contributed by atoms with Gasteiger partial charge >= 0.3 is 6.18 Å². The van der Waals surface area contributed by atoms with E-state index in [2.05, 4.69) is 20.3 Å². The quantitative estimate of drug-likeness (QED) is 0.658. The molecule has 30 heavy (non-hydrogen) atoms. The molecule has 0 aromatic carbocycles. The molecule has 3 N–H and O–H groups in total. The van der Waals surface area contributed by atoms with Gasteiger partial charge in [-0.2, -0.15) is 13.2 Å². The zero-order valence-corrected chi connectivity index (χ0v) is 17.1. The molecule has 0 fully saturated rings. The molecule has 2 atom stereocenters. The molecule has 0 aliphatic carbocycles. The molecule has 0 saturated heterocycles. The van der Waals surface area contributed by atoms with E-state index in [4.69, 9.17) is 17.3 Å². The number of aliphatic imine (C=N–C) groups is 1. The molecular formula is C18H16ClF4N5OS. The number of nitrogens with zero attached hydrogens (tertiary/aromatic N) is 3. The van der Waals surface area contributed by atoms with Crippen LogP contribution in [0.25, 0.3) is 0 Å². The van der Waals surface area contributed by atoms with Crippen LogP contribution in [0.2, 0.25) is 5.02 Å². The molecule has 1 aliphatic heterocycles. The van der Waals surface area contributed by atoms with Gasteiger partial charge in [-0.3, -0.25) is 9.78 Å². The molecule has 6 nitrogen and oxygen atoms in total. The Hall–Kier alpha value is -2.40. The Morgan fingerprint density at radius 2 is 2.13 bits per heavy atom. The summed E-state index contributed by atoms with van der Waals surface area (Å²) < 4.78 is 52.9. The Kier molecular flexibility index (Phi) is 6.23. The monoisotopic (exact) mass is 461 g/mol. The van der Waals surface area contributed by atoms with E-state index in [9.17, 15) is 22.4 Å². The van der Waals surface area contributed by atoms with Crippen molar-refractivity contribution in [3.8, 4) is 0 Å². The van der Waals surface area contributed by atoms with Gasteiger partial charge in [0.05, 0.1) is 16.3 Å². The summed E-state index contributed by atoms with van der Waals surface area (Å²) in [6.45, 7) is 1.12. The lowest BCUT2D eigenvalue weighted by Crippen LogP contribution is -2.35. The summed E-state index contributed by atoms with van der Waals surface area (Å²) >= 11 is 6.72. The fraction of sp³-hybridized carbons (Fsp3) is 0.333. The summed E-state index contributed by atoms with van der Waals surface area (Å²) in [6.07, 6.45) is -2.17. The maximum absolute atomic E-state index is 13.2. The van der Waals surface area contributed by atoms with Crippen LogP contribution >= 0.6 is 23.4 Å². The predicted octanol–water partition coefficient (Wildman–Crippen LogP) is 4.41.